The Balaban J connectivity index is 0.00000242. The van der Waals surface area contributed by atoms with Crippen molar-refractivity contribution in [3.63, 3.8) is 0 Å². The summed E-state index contributed by atoms with van der Waals surface area (Å²) in [6.45, 7) is 1.60. The molecule has 22 heavy (non-hydrogen) atoms. The van der Waals surface area contributed by atoms with Gasteiger partial charge in [0.05, 0.1) is 13.2 Å². The van der Waals surface area contributed by atoms with Crippen LogP contribution in [0.5, 0.6) is 5.75 Å². The minimum atomic E-state index is 0. The van der Waals surface area contributed by atoms with Crippen LogP contribution in [0, 0.1) is 0 Å². The van der Waals surface area contributed by atoms with Crippen LogP contribution in [-0.2, 0) is 4.79 Å². The fourth-order valence-electron chi connectivity index (χ4n) is 2.98. The molecule has 0 aromatic heterocycles. The van der Waals surface area contributed by atoms with Crippen molar-refractivity contribution in [2.45, 2.75) is 44.6 Å². The first kappa shape index (κ1) is 18.8. The van der Waals surface area contributed by atoms with Crippen LogP contribution in [0.4, 0.5) is 0 Å². The Hall–Kier alpha value is -1.26. The first-order valence-corrected chi connectivity index (χ1v) is 7.89. The summed E-state index contributed by atoms with van der Waals surface area (Å²) < 4.78 is 5.19. The van der Waals surface area contributed by atoms with Gasteiger partial charge < -0.3 is 15.4 Å². The van der Waals surface area contributed by atoms with Gasteiger partial charge in [0.2, 0.25) is 5.91 Å². The average Bonchev–Trinajstić information content (AvgIpc) is 3.01. The number of amides is 1. The highest BCUT2D eigenvalue weighted by Gasteiger charge is 2.29. The van der Waals surface area contributed by atoms with E-state index in [1.807, 2.05) is 17.0 Å². The zero-order valence-electron chi connectivity index (χ0n) is 13.3. The summed E-state index contributed by atoms with van der Waals surface area (Å²) in [6.07, 6.45) is 5.79. The van der Waals surface area contributed by atoms with Crippen molar-refractivity contribution in [1.29, 1.82) is 0 Å². The summed E-state index contributed by atoms with van der Waals surface area (Å²) in [5.74, 6) is 1.14. The van der Waals surface area contributed by atoms with Gasteiger partial charge in [0.25, 0.3) is 0 Å². The SMILES string of the molecule is COc1ccc(C2CCCN2C(=O)CCCCCN)cc1.Cl. The second-order valence-corrected chi connectivity index (χ2v) is 5.62. The summed E-state index contributed by atoms with van der Waals surface area (Å²) in [6, 6.07) is 8.32. The maximum atomic E-state index is 12.4. The lowest BCUT2D eigenvalue weighted by atomic mass is 10.0. The summed E-state index contributed by atoms with van der Waals surface area (Å²) >= 11 is 0. The summed E-state index contributed by atoms with van der Waals surface area (Å²) in [5, 5.41) is 0. The van der Waals surface area contributed by atoms with E-state index in [0.717, 1.165) is 44.4 Å². The van der Waals surface area contributed by atoms with E-state index >= 15 is 0 Å². The van der Waals surface area contributed by atoms with Crippen molar-refractivity contribution in [2.24, 2.45) is 5.73 Å². The minimum Gasteiger partial charge on any atom is -0.497 e. The van der Waals surface area contributed by atoms with Crippen molar-refractivity contribution in [2.75, 3.05) is 20.2 Å². The maximum absolute atomic E-state index is 12.4. The van der Waals surface area contributed by atoms with E-state index in [9.17, 15) is 4.79 Å². The van der Waals surface area contributed by atoms with Crippen LogP contribution < -0.4 is 10.5 Å². The van der Waals surface area contributed by atoms with Gasteiger partial charge in [-0.1, -0.05) is 18.6 Å². The van der Waals surface area contributed by atoms with E-state index in [-0.39, 0.29) is 24.4 Å². The van der Waals surface area contributed by atoms with Crippen molar-refractivity contribution < 1.29 is 9.53 Å². The van der Waals surface area contributed by atoms with Crippen LogP contribution in [0.15, 0.2) is 24.3 Å². The molecule has 1 aliphatic rings. The third-order valence-corrected chi connectivity index (χ3v) is 4.17. The molecule has 1 aromatic carbocycles. The van der Waals surface area contributed by atoms with E-state index < -0.39 is 0 Å². The van der Waals surface area contributed by atoms with Gasteiger partial charge in [0.15, 0.2) is 0 Å². The second-order valence-electron chi connectivity index (χ2n) is 5.62. The molecule has 1 saturated heterocycles. The van der Waals surface area contributed by atoms with Gasteiger partial charge >= 0.3 is 0 Å². The molecule has 1 aliphatic heterocycles. The number of nitrogens with two attached hydrogens (primary N) is 1. The number of rotatable bonds is 7. The number of likely N-dealkylation sites (tertiary alicyclic amines) is 1. The van der Waals surface area contributed by atoms with E-state index in [1.54, 1.807) is 7.11 Å². The highest BCUT2D eigenvalue weighted by molar-refractivity contribution is 5.85. The molecule has 0 saturated carbocycles. The standard InChI is InChI=1S/C17H26N2O2.ClH/c1-21-15-10-8-14(9-11-15)16-6-5-13-19(16)17(20)7-3-2-4-12-18;/h8-11,16H,2-7,12-13,18H2,1H3;1H. The topological polar surface area (TPSA) is 55.6 Å². The largest absolute Gasteiger partial charge is 0.497 e. The van der Waals surface area contributed by atoms with E-state index in [1.165, 1.54) is 5.56 Å². The number of ether oxygens (including phenoxy) is 1. The normalized spacial score (nSPS) is 17.2. The molecule has 0 bridgehead atoms. The second kappa shape index (κ2) is 9.70. The molecular weight excluding hydrogens is 300 g/mol. The van der Waals surface area contributed by atoms with Gasteiger partial charge in [-0.25, -0.2) is 0 Å². The number of nitrogens with zero attached hydrogens (tertiary/aromatic N) is 1. The zero-order chi connectivity index (χ0) is 15.1. The molecule has 2 N–H and O–H groups in total. The summed E-state index contributed by atoms with van der Waals surface area (Å²) in [5.41, 5.74) is 6.70. The molecule has 0 radical (unpaired) electrons. The van der Waals surface area contributed by atoms with Crippen LogP contribution in [-0.4, -0.2) is 31.0 Å². The first-order chi connectivity index (χ1) is 10.3. The smallest absolute Gasteiger partial charge is 0.223 e. The molecular formula is C17H27ClN2O2. The molecule has 1 fully saturated rings. The maximum Gasteiger partial charge on any atom is 0.223 e. The number of benzene rings is 1. The lowest BCUT2D eigenvalue weighted by molar-refractivity contribution is -0.132. The fourth-order valence-corrected chi connectivity index (χ4v) is 2.98. The third kappa shape index (κ3) is 4.89. The lowest BCUT2D eigenvalue weighted by Gasteiger charge is -2.25. The minimum absolute atomic E-state index is 0. The quantitative estimate of drug-likeness (QED) is 0.782. The van der Waals surface area contributed by atoms with E-state index in [2.05, 4.69) is 12.1 Å². The Bertz CT molecular complexity index is 450. The predicted octanol–water partition coefficient (Wildman–Crippen LogP) is 3.30. The molecule has 4 nitrogen and oxygen atoms in total. The molecule has 1 atom stereocenters. The number of carbonyl (C=O) groups excluding carboxylic acids is 1. The monoisotopic (exact) mass is 326 g/mol. The van der Waals surface area contributed by atoms with Gasteiger partial charge in [-0.3, -0.25) is 4.79 Å². The Labute approximate surface area is 139 Å². The van der Waals surface area contributed by atoms with Crippen molar-refractivity contribution in [3.05, 3.63) is 29.8 Å². The van der Waals surface area contributed by atoms with Crippen molar-refractivity contribution in [3.8, 4) is 5.75 Å². The Morgan fingerprint density at radius 3 is 2.64 bits per heavy atom. The van der Waals surface area contributed by atoms with Gasteiger partial charge in [-0.15, -0.1) is 12.4 Å². The van der Waals surface area contributed by atoms with E-state index in [4.69, 9.17) is 10.5 Å². The Morgan fingerprint density at radius 1 is 1.27 bits per heavy atom. The van der Waals surface area contributed by atoms with Crippen LogP contribution in [0.25, 0.3) is 0 Å². The van der Waals surface area contributed by atoms with Crippen molar-refractivity contribution >= 4 is 18.3 Å². The zero-order valence-corrected chi connectivity index (χ0v) is 14.1. The van der Waals surface area contributed by atoms with Crippen molar-refractivity contribution in [1.82, 2.24) is 4.90 Å². The van der Waals surface area contributed by atoms with Crippen LogP contribution in [0.2, 0.25) is 0 Å². The predicted molar refractivity (Wildman–Crippen MR) is 91.5 cm³/mol. The summed E-state index contributed by atoms with van der Waals surface area (Å²) in [4.78, 5) is 14.4. The van der Waals surface area contributed by atoms with Gasteiger partial charge in [0.1, 0.15) is 5.75 Å². The molecule has 1 aromatic rings. The van der Waals surface area contributed by atoms with Gasteiger partial charge in [-0.05, 0) is 49.9 Å². The van der Waals surface area contributed by atoms with Crippen LogP contribution >= 0.6 is 12.4 Å². The van der Waals surface area contributed by atoms with Gasteiger partial charge in [-0.2, -0.15) is 0 Å². The average molecular weight is 327 g/mol. The number of hydrogen-bond donors (Lipinski definition) is 1. The fraction of sp³-hybridized carbons (Fsp3) is 0.588. The molecule has 124 valence electrons. The Kier molecular flexibility index (Phi) is 8.28. The van der Waals surface area contributed by atoms with Crippen LogP contribution in [0.1, 0.15) is 50.1 Å². The number of methoxy groups -OCH3 is 1. The molecule has 1 heterocycles. The molecule has 1 amide bonds. The lowest BCUT2D eigenvalue weighted by Crippen LogP contribution is -2.30. The Morgan fingerprint density at radius 2 is 2.00 bits per heavy atom. The van der Waals surface area contributed by atoms with Crippen LogP contribution in [0.3, 0.4) is 0 Å². The number of hydrogen-bond acceptors (Lipinski definition) is 3. The molecule has 5 heteroatoms. The highest BCUT2D eigenvalue weighted by Crippen LogP contribution is 2.33. The van der Waals surface area contributed by atoms with E-state index in [0.29, 0.717) is 13.0 Å². The third-order valence-electron chi connectivity index (χ3n) is 4.17. The highest BCUT2D eigenvalue weighted by atomic mass is 35.5. The van der Waals surface area contributed by atoms with Gasteiger partial charge in [0, 0.05) is 13.0 Å². The first-order valence-electron chi connectivity index (χ1n) is 7.89. The molecule has 0 spiro atoms. The molecule has 0 aliphatic carbocycles. The number of carbonyl (C=O) groups is 1. The number of halogens is 1. The molecule has 1 unspecified atom stereocenters. The molecule has 2 rings (SSSR count). The number of unbranched alkanes of at least 4 members (excludes halogenated alkanes) is 2. The summed E-state index contributed by atoms with van der Waals surface area (Å²) in [7, 11) is 1.67.